The Labute approximate surface area is 220 Å². The van der Waals surface area contributed by atoms with Gasteiger partial charge in [-0.2, -0.15) is 0 Å². The lowest BCUT2D eigenvalue weighted by atomic mass is 9.85. The zero-order valence-corrected chi connectivity index (χ0v) is 22.2. The molecule has 2 bridgehead atoms. The van der Waals surface area contributed by atoms with Crippen LogP contribution in [0.15, 0.2) is 42.5 Å². The molecule has 1 N–H and O–H groups in total. The van der Waals surface area contributed by atoms with Gasteiger partial charge in [0.1, 0.15) is 5.75 Å². The minimum absolute atomic E-state index is 0.0756. The molecule has 7 heteroatoms. The molecule has 198 valence electrons. The van der Waals surface area contributed by atoms with Gasteiger partial charge in [-0.1, -0.05) is 18.2 Å². The molecule has 0 saturated carbocycles. The van der Waals surface area contributed by atoms with Crippen LogP contribution in [0.4, 0.5) is 4.79 Å². The quantitative estimate of drug-likeness (QED) is 0.595. The fourth-order valence-corrected chi connectivity index (χ4v) is 6.71. The standard InChI is InChI=1S/C30H39N3O4/c1-4-37-30(35)33-24-10-11-25(33)19-26(18-24)32-15-13-21(14-16-32)27-17-23(9-12-28(27)36-3)20-5-7-22(8-6-20)29(34)31-2/h5-9,12,17,21,24-26H,4,10-11,13-16,18-19H2,1-3H3,(H,31,34). The summed E-state index contributed by atoms with van der Waals surface area (Å²) in [5.41, 5.74) is 4.17. The Balaban J connectivity index is 1.25. The number of hydrogen-bond donors (Lipinski definition) is 1. The molecular weight excluding hydrogens is 466 g/mol. The predicted molar refractivity (Wildman–Crippen MR) is 144 cm³/mol. The van der Waals surface area contributed by atoms with Crippen molar-refractivity contribution in [3.63, 3.8) is 0 Å². The Morgan fingerprint density at radius 2 is 1.57 bits per heavy atom. The Morgan fingerprint density at radius 3 is 2.16 bits per heavy atom. The lowest BCUT2D eigenvalue weighted by molar-refractivity contribution is 0.0340. The van der Waals surface area contributed by atoms with E-state index in [1.54, 1.807) is 14.2 Å². The molecule has 0 aromatic heterocycles. The summed E-state index contributed by atoms with van der Waals surface area (Å²) in [6.07, 6.45) is 6.40. The second-order valence-electron chi connectivity index (χ2n) is 10.5. The van der Waals surface area contributed by atoms with Crippen LogP contribution in [0.1, 0.15) is 67.3 Å². The van der Waals surface area contributed by atoms with Crippen LogP contribution in [0.3, 0.4) is 0 Å². The van der Waals surface area contributed by atoms with E-state index >= 15 is 0 Å². The number of methoxy groups -OCH3 is 1. The van der Waals surface area contributed by atoms with Gasteiger partial charge < -0.3 is 24.6 Å². The molecule has 3 aliphatic heterocycles. The zero-order valence-electron chi connectivity index (χ0n) is 22.2. The maximum atomic E-state index is 12.5. The van der Waals surface area contributed by atoms with Crippen molar-refractivity contribution in [3.8, 4) is 16.9 Å². The van der Waals surface area contributed by atoms with Gasteiger partial charge in [-0.3, -0.25) is 4.79 Å². The smallest absolute Gasteiger partial charge is 0.410 e. The fraction of sp³-hybridized carbons (Fsp3) is 0.533. The molecule has 2 amide bonds. The van der Waals surface area contributed by atoms with Crippen molar-refractivity contribution in [2.24, 2.45) is 0 Å². The summed E-state index contributed by atoms with van der Waals surface area (Å²) in [6.45, 7) is 4.47. The molecule has 3 saturated heterocycles. The van der Waals surface area contributed by atoms with Crippen molar-refractivity contribution < 1.29 is 19.1 Å². The fourth-order valence-electron chi connectivity index (χ4n) is 6.71. The summed E-state index contributed by atoms with van der Waals surface area (Å²) in [5.74, 6) is 1.32. The second-order valence-corrected chi connectivity index (χ2v) is 10.5. The Hall–Kier alpha value is -3.06. The molecule has 37 heavy (non-hydrogen) atoms. The summed E-state index contributed by atoms with van der Waals surface area (Å²) >= 11 is 0. The first-order valence-electron chi connectivity index (χ1n) is 13.7. The van der Waals surface area contributed by atoms with Crippen LogP contribution < -0.4 is 10.1 Å². The lowest BCUT2D eigenvalue weighted by Crippen LogP contribution is -2.53. The van der Waals surface area contributed by atoms with E-state index in [-0.39, 0.29) is 12.0 Å². The first-order chi connectivity index (χ1) is 18.0. The minimum Gasteiger partial charge on any atom is -0.496 e. The van der Waals surface area contributed by atoms with Crippen molar-refractivity contribution in [1.82, 2.24) is 15.1 Å². The van der Waals surface area contributed by atoms with Crippen LogP contribution >= 0.6 is 0 Å². The SMILES string of the molecule is CCOC(=O)N1C2CCC1CC(N1CCC(c3cc(-c4ccc(C(=O)NC)cc4)ccc3OC)CC1)C2. The highest BCUT2D eigenvalue weighted by Crippen LogP contribution is 2.41. The van der Waals surface area contributed by atoms with Crippen LogP contribution in [-0.4, -0.2) is 73.8 Å². The van der Waals surface area contributed by atoms with Gasteiger partial charge in [0, 0.05) is 30.7 Å². The van der Waals surface area contributed by atoms with Gasteiger partial charge in [0.05, 0.1) is 13.7 Å². The van der Waals surface area contributed by atoms with Crippen LogP contribution in [0.25, 0.3) is 11.1 Å². The molecule has 7 nitrogen and oxygen atoms in total. The molecular formula is C30H39N3O4. The summed E-state index contributed by atoms with van der Waals surface area (Å²) in [5, 5.41) is 2.67. The number of nitrogens with zero attached hydrogens (tertiary/aromatic N) is 2. The third-order valence-corrected chi connectivity index (χ3v) is 8.61. The predicted octanol–water partition coefficient (Wildman–Crippen LogP) is 5.05. The third-order valence-electron chi connectivity index (χ3n) is 8.61. The van der Waals surface area contributed by atoms with Crippen molar-refractivity contribution in [2.75, 3.05) is 33.9 Å². The van der Waals surface area contributed by atoms with Gasteiger partial charge >= 0.3 is 6.09 Å². The molecule has 0 aliphatic carbocycles. The Morgan fingerprint density at radius 1 is 0.919 bits per heavy atom. The zero-order chi connectivity index (χ0) is 25.9. The van der Waals surface area contributed by atoms with E-state index in [0.29, 0.717) is 36.2 Å². The van der Waals surface area contributed by atoms with Gasteiger partial charge in [0.2, 0.25) is 0 Å². The maximum absolute atomic E-state index is 12.5. The van der Waals surface area contributed by atoms with Crippen molar-refractivity contribution in [1.29, 1.82) is 0 Å². The van der Waals surface area contributed by atoms with Crippen LogP contribution in [-0.2, 0) is 4.74 Å². The Bertz CT molecular complexity index is 1100. The first kappa shape index (κ1) is 25.6. The number of benzene rings is 2. The highest BCUT2D eigenvalue weighted by Gasteiger charge is 2.45. The van der Waals surface area contributed by atoms with Crippen LogP contribution in [0, 0.1) is 0 Å². The second kappa shape index (κ2) is 11.1. The number of rotatable bonds is 6. The van der Waals surface area contributed by atoms with Crippen molar-refractivity contribution >= 4 is 12.0 Å². The third kappa shape index (κ3) is 5.19. The largest absolute Gasteiger partial charge is 0.496 e. The molecule has 3 fully saturated rings. The number of fused-ring (bicyclic) bond motifs is 2. The molecule has 2 unspecified atom stereocenters. The summed E-state index contributed by atoms with van der Waals surface area (Å²) in [4.78, 5) is 29.1. The van der Waals surface area contributed by atoms with Gasteiger partial charge in [0.15, 0.2) is 0 Å². The summed E-state index contributed by atoms with van der Waals surface area (Å²) in [7, 11) is 3.40. The van der Waals surface area contributed by atoms with E-state index in [0.717, 1.165) is 68.5 Å². The van der Waals surface area contributed by atoms with Crippen molar-refractivity contribution in [2.45, 2.75) is 69.5 Å². The summed E-state index contributed by atoms with van der Waals surface area (Å²) in [6, 6.07) is 15.4. The van der Waals surface area contributed by atoms with E-state index < -0.39 is 0 Å². The highest BCUT2D eigenvalue weighted by molar-refractivity contribution is 5.94. The maximum Gasteiger partial charge on any atom is 0.410 e. The number of carbonyl (C=O) groups excluding carboxylic acids is 2. The Kier molecular flexibility index (Phi) is 7.70. The van der Waals surface area contributed by atoms with Crippen molar-refractivity contribution in [3.05, 3.63) is 53.6 Å². The van der Waals surface area contributed by atoms with Gasteiger partial charge in [0.25, 0.3) is 5.91 Å². The molecule has 0 spiro atoms. The molecule has 3 aliphatic rings. The van der Waals surface area contributed by atoms with E-state index in [1.807, 2.05) is 36.1 Å². The number of likely N-dealkylation sites (tertiary alicyclic amines) is 1. The number of ether oxygens (including phenoxy) is 2. The minimum atomic E-state index is -0.123. The molecule has 2 atom stereocenters. The summed E-state index contributed by atoms with van der Waals surface area (Å²) < 4.78 is 11.1. The average Bonchev–Trinajstić information content (AvgIpc) is 3.21. The number of hydrogen-bond acceptors (Lipinski definition) is 5. The number of carbonyl (C=O) groups is 2. The van der Waals surface area contributed by atoms with Gasteiger partial charge in [-0.25, -0.2) is 4.79 Å². The molecule has 0 radical (unpaired) electrons. The van der Waals surface area contributed by atoms with Gasteiger partial charge in [-0.05, 0) is 105 Å². The van der Waals surface area contributed by atoms with E-state index in [9.17, 15) is 9.59 Å². The topological polar surface area (TPSA) is 71.1 Å². The monoisotopic (exact) mass is 505 g/mol. The van der Waals surface area contributed by atoms with E-state index in [1.165, 1.54) is 5.56 Å². The lowest BCUT2D eigenvalue weighted by Gasteiger charge is -2.45. The highest BCUT2D eigenvalue weighted by atomic mass is 16.6. The molecule has 2 aromatic rings. The number of nitrogens with one attached hydrogen (secondary N) is 1. The molecule has 2 aromatic carbocycles. The normalized spacial score (nSPS) is 24.1. The number of piperidine rings is 2. The van der Waals surface area contributed by atoms with Crippen LogP contribution in [0.5, 0.6) is 5.75 Å². The number of amides is 2. The van der Waals surface area contributed by atoms with E-state index in [2.05, 4.69) is 28.4 Å². The van der Waals surface area contributed by atoms with Gasteiger partial charge in [-0.15, -0.1) is 0 Å². The molecule has 3 heterocycles. The van der Waals surface area contributed by atoms with Crippen LogP contribution in [0.2, 0.25) is 0 Å². The average molecular weight is 506 g/mol. The molecule has 5 rings (SSSR count). The first-order valence-corrected chi connectivity index (χ1v) is 13.7. The van der Waals surface area contributed by atoms with E-state index in [4.69, 9.17) is 9.47 Å².